The number of carbonyl (C=O) groups is 1. The number of hydrogen-bond donors (Lipinski definition) is 1. The zero-order valence-corrected chi connectivity index (χ0v) is 10.3. The number of nitrogens with two attached hydrogens (primary N) is 1. The molecule has 2 N–H and O–H groups in total. The highest BCUT2D eigenvalue weighted by molar-refractivity contribution is 6.05. The smallest absolute Gasteiger partial charge is 0.272 e. The van der Waals surface area contributed by atoms with Crippen molar-refractivity contribution in [3.63, 3.8) is 0 Å². The Kier molecular flexibility index (Phi) is 3.77. The molecule has 0 unspecified atom stereocenters. The Labute approximate surface area is 110 Å². The van der Waals surface area contributed by atoms with Crippen LogP contribution in [0.15, 0.2) is 48.5 Å². The minimum atomic E-state index is -0.412. The molecule has 0 aromatic heterocycles. The summed E-state index contributed by atoms with van der Waals surface area (Å²) >= 11 is 0. The highest BCUT2D eigenvalue weighted by atomic mass is 19.1. The first-order valence-corrected chi connectivity index (χ1v) is 5.60. The maximum Gasteiger partial charge on any atom is 0.272 e. The number of rotatable bonds is 3. The molecular weight excluding hydrogens is 247 g/mol. The maximum atomic E-state index is 12.8. The summed E-state index contributed by atoms with van der Waals surface area (Å²) < 4.78 is 17.8. The molecule has 0 bridgehead atoms. The average molecular weight is 260 g/mol. The van der Waals surface area contributed by atoms with Crippen molar-refractivity contribution in [3.05, 3.63) is 59.9 Å². The first-order chi connectivity index (χ1) is 9.11. The van der Waals surface area contributed by atoms with Crippen LogP contribution in [0.1, 0.15) is 10.4 Å². The molecule has 0 aliphatic carbocycles. The van der Waals surface area contributed by atoms with Gasteiger partial charge in [0.15, 0.2) is 0 Å². The molecule has 2 aromatic rings. The van der Waals surface area contributed by atoms with Gasteiger partial charge in [-0.2, -0.15) is 0 Å². The first kappa shape index (κ1) is 13.0. The Hall–Kier alpha value is -2.40. The van der Waals surface area contributed by atoms with Gasteiger partial charge in [0.2, 0.25) is 0 Å². The fourth-order valence-electron chi connectivity index (χ4n) is 1.59. The molecule has 98 valence electrons. The van der Waals surface area contributed by atoms with Crippen molar-refractivity contribution in [1.29, 1.82) is 0 Å². The highest BCUT2D eigenvalue weighted by Gasteiger charge is 2.14. The van der Waals surface area contributed by atoms with Crippen molar-refractivity contribution < 1.29 is 13.9 Å². The number of benzene rings is 2. The summed E-state index contributed by atoms with van der Waals surface area (Å²) in [5, 5.41) is 1.01. The molecule has 0 saturated heterocycles. The zero-order chi connectivity index (χ0) is 13.8. The number of nitrogens with zero attached hydrogens (tertiary/aromatic N) is 1. The highest BCUT2D eigenvalue weighted by Crippen LogP contribution is 2.18. The van der Waals surface area contributed by atoms with Gasteiger partial charge >= 0.3 is 0 Å². The number of ether oxygens (including phenoxy) is 1. The summed E-state index contributed by atoms with van der Waals surface area (Å²) in [6.45, 7) is 0. The second-order valence-electron chi connectivity index (χ2n) is 3.88. The van der Waals surface area contributed by atoms with E-state index in [0.717, 1.165) is 5.01 Å². The third kappa shape index (κ3) is 2.89. The number of carbonyl (C=O) groups excluding carboxylic acids is 1. The lowest BCUT2D eigenvalue weighted by Crippen LogP contribution is -2.37. The minimum Gasteiger partial charge on any atom is -0.497 e. The monoisotopic (exact) mass is 260 g/mol. The SMILES string of the molecule is COc1ccc(N(N)C(=O)c2ccc(F)cc2)cc1. The zero-order valence-electron chi connectivity index (χ0n) is 10.3. The molecule has 0 aliphatic rings. The van der Waals surface area contributed by atoms with Crippen LogP contribution in [0.25, 0.3) is 0 Å². The third-order valence-corrected chi connectivity index (χ3v) is 2.66. The first-order valence-electron chi connectivity index (χ1n) is 5.60. The lowest BCUT2D eigenvalue weighted by atomic mass is 10.2. The van der Waals surface area contributed by atoms with Crippen molar-refractivity contribution >= 4 is 11.6 Å². The van der Waals surface area contributed by atoms with E-state index in [9.17, 15) is 9.18 Å². The molecule has 2 aromatic carbocycles. The molecule has 0 spiro atoms. The summed E-state index contributed by atoms with van der Waals surface area (Å²) in [7, 11) is 1.55. The quantitative estimate of drug-likeness (QED) is 0.523. The summed E-state index contributed by atoms with van der Waals surface area (Å²) in [5.74, 6) is 5.61. The van der Waals surface area contributed by atoms with Crippen LogP contribution in [-0.2, 0) is 0 Å². The fraction of sp³-hybridized carbons (Fsp3) is 0.0714. The Morgan fingerprint density at radius 1 is 1.11 bits per heavy atom. The largest absolute Gasteiger partial charge is 0.497 e. The van der Waals surface area contributed by atoms with Crippen LogP contribution in [0, 0.1) is 5.82 Å². The molecular formula is C14H13FN2O2. The van der Waals surface area contributed by atoms with Crippen LogP contribution in [0.3, 0.4) is 0 Å². The van der Waals surface area contributed by atoms with E-state index in [1.54, 1.807) is 31.4 Å². The van der Waals surface area contributed by atoms with Crippen molar-refractivity contribution in [1.82, 2.24) is 0 Å². The Morgan fingerprint density at radius 3 is 2.21 bits per heavy atom. The van der Waals surface area contributed by atoms with Gasteiger partial charge in [0.25, 0.3) is 5.91 Å². The van der Waals surface area contributed by atoms with Crippen LogP contribution in [0.4, 0.5) is 10.1 Å². The van der Waals surface area contributed by atoms with Crippen LogP contribution < -0.4 is 15.6 Å². The minimum absolute atomic E-state index is 0.319. The van der Waals surface area contributed by atoms with Gasteiger partial charge < -0.3 is 4.74 Å². The molecule has 0 fully saturated rings. The van der Waals surface area contributed by atoms with Gasteiger partial charge in [-0.15, -0.1) is 0 Å². The van der Waals surface area contributed by atoms with E-state index in [1.807, 2.05) is 0 Å². The predicted octanol–water partition coefficient (Wildman–Crippen LogP) is 2.35. The van der Waals surface area contributed by atoms with Crippen molar-refractivity contribution in [2.45, 2.75) is 0 Å². The molecule has 0 radical (unpaired) electrons. The average Bonchev–Trinajstić information content (AvgIpc) is 2.46. The summed E-state index contributed by atoms with van der Waals surface area (Å²) in [4.78, 5) is 12.1. The van der Waals surface area contributed by atoms with Crippen LogP contribution >= 0.6 is 0 Å². The standard InChI is InChI=1S/C14H13FN2O2/c1-19-13-8-6-12(7-9-13)17(16)14(18)10-2-4-11(15)5-3-10/h2-9H,16H2,1H3. The number of hydrogen-bond acceptors (Lipinski definition) is 3. The number of methoxy groups -OCH3 is 1. The molecule has 0 saturated carbocycles. The van der Waals surface area contributed by atoms with E-state index in [1.165, 1.54) is 24.3 Å². The lowest BCUT2D eigenvalue weighted by Gasteiger charge is -2.17. The molecule has 2 rings (SSSR count). The molecule has 19 heavy (non-hydrogen) atoms. The predicted molar refractivity (Wildman–Crippen MR) is 70.4 cm³/mol. The van der Waals surface area contributed by atoms with Gasteiger partial charge in [-0.3, -0.25) is 4.79 Å². The van der Waals surface area contributed by atoms with E-state index in [2.05, 4.69) is 0 Å². The molecule has 5 heteroatoms. The van der Waals surface area contributed by atoms with E-state index >= 15 is 0 Å². The Balaban J connectivity index is 2.20. The molecule has 4 nitrogen and oxygen atoms in total. The van der Waals surface area contributed by atoms with Crippen molar-refractivity contribution in [3.8, 4) is 5.75 Å². The van der Waals surface area contributed by atoms with Crippen LogP contribution in [0.5, 0.6) is 5.75 Å². The summed E-state index contributed by atoms with van der Waals surface area (Å²) in [6, 6.07) is 12.0. The fourth-order valence-corrected chi connectivity index (χ4v) is 1.59. The Bertz CT molecular complexity index is 567. The van der Waals surface area contributed by atoms with Crippen molar-refractivity contribution in [2.75, 3.05) is 12.1 Å². The molecule has 0 atom stereocenters. The van der Waals surface area contributed by atoms with Gasteiger partial charge in [0.1, 0.15) is 11.6 Å². The van der Waals surface area contributed by atoms with Crippen LogP contribution in [0.2, 0.25) is 0 Å². The van der Waals surface area contributed by atoms with Gasteiger partial charge in [0, 0.05) is 5.56 Å². The number of amides is 1. The lowest BCUT2D eigenvalue weighted by molar-refractivity contribution is 0.0987. The molecule has 0 aliphatic heterocycles. The van der Waals surface area contributed by atoms with Crippen molar-refractivity contribution in [2.24, 2.45) is 5.84 Å². The second kappa shape index (κ2) is 5.49. The maximum absolute atomic E-state index is 12.8. The molecule has 1 amide bonds. The van der Waals surface area contributed by atoms with E-state index in [4.69, 9.17) is 10.6 Å². The van der Waals surface area contributed by atoms with E-state index < -0.39 is 11.7 Å². The summed E-state index contributed by atoms with van der Waals surface area (Å²) in [6.07, 6.45) is 0. The normalized spacial score (nSPS) is 10.1. The second-order valence-corrected chi connectivity index (χ2v) is 3.88. The topological polar surface area (TPSA) is 55.6 Å². The van der Waals surface area contributed by atoms with Gasteiger partial charge in [-0.25, -0.2) is 15.2 Å². The van der Waals surface area contributed by atoms with Crippen LogP contribution in [-0.4, -0.2) is 13.0 Å². The van der Waals surface area contributed by atoms with E-state index in [0.29, 0.717) is 17.0 Å². The number of hydrazine groups is 1. The molecule has 0 heterocycles. The van der Waals surface area contributed by atoms with Gasteiger partial charge in [-0.05, 0) is 48.5 Å². The summed E-state index contributed by atoms with van der Waals surface area (Å²) in [5.41, 5.74) is 0.842. The Morgan fingerprint density at radius 2 is 1.68 bits per heavy atom. The number of halogens is 1. The van der Waals surface area contributed by atoms with Gasteiger partial charge in [-0.1, -0.05) is 0 Å². The van der Waals surface area contributed by atoms with E-state index in [-0.39, 0.29) is 0 Å². The van der Waals surface area contributed by atoms with Gasteiger partial charge in [0.05, 0.1) is 12.8 Å². The third-order valence-electron chi connectivity index (χ3n) is 2.66. The number of anilines is 1.